The van der Waals surface area contributed by atoms with Gasteiger partial charge in [0.2, 0.25) is 0 Å². The maximum Gasteiger partial charge on any atom is 0.573 e. The van der Waals surface area contributed by atoms with Crippen LogP contribution in [0.3, 0.4) is 0 Å². The van der Waals surface area contributed by atoms with Gasteiger partial charge in [-0.25, -0.2) is 4.98 Å². The summed E-state index contributed by atoms with van der Waals surface area (Å²) in [6.45, 7) is 4.01. The van der Waals surface area contributed by atoms with Gasteiger partial charge in [-0.3, -0.25) is 10.2 Å². The number of aromatic amines is 1. The monoisotopic (exact) mass is 529 g/mol. The molecule has 4 rings (SSSR count). The second kappa shape index (κ2) is 10.5. The number of halogens is 4. The minimum atomic E-state index is -5.06. The van der Waals surface area contributed by atoms with Crippen molar-refractivity contribution in [2.24, 2.45) is 0 Å². The van der Waals surface area contributed by atoms with E-state index in [-0.39, 0.29) is 17.3 Å². The molecular weight excluding hydrogens is 507 g/mol. The summed E-state index contributed by atoms with van der Waals surface area (Å²) in [5.41, 5.74) is 4.22. The van der Waals surface area contributed by atoms with Crippen molar-refractivity contribution in [1.82, 2.24) is 15.3 Å². The number of rotatable bonds is 8. The Hall–Kier alpha value is -4.05. The van der Waals surface area contributed by atoms with Gasteiger partial charge in [-0.15, -0.1) is 13.2 Å². The summed E-state index contributed by atoms with van der Waals surface area (Å²) in [5.74, 6) is -1.47. The van der Waals surface area contributed by atoms with E-state index in [9.17, 15) is 18.0 Å². The topological polar surface area (TPSA) is 103 Å². The zero-order valence-corrected chi connectivity index (χ0v) is 20.6. The molecule has 0 aliphatic carbocycles. The lowest BCUT2D eigenvalue weighted by Gasteiger charge is -2.19. The van der Waals surface area contributed by atoms with Crippen LogP contribution in [0.25, 0.3) is 11.0 Å². The first-order chi connectivity index (χ1) is 17.6. The zero-order valence-electron chi connectivity index (χ0n) is 19.8. The average molecular weight is 530 g/mol. The molecule has 0 saturated carbocycles. The molecule has 0 saturated heterocycles. The van der Waals surface area contributed by atoms with Crippen LogP contribution in [0.1, 0.15) is 38.8 Å². The molecular formula is C26H23ClF3N5O2. The Labute approximate surface area is 215 Å². The van der Waals surface area contributed by atoms with Crippen LogP contribution in [0.15, 0.2) is 54.6 Å². The SMILES string of the molecule is Cc1cc2nc(C(CNC(=O)c3c(Cl)cc(NC=N)cc3OC(F)(F)F)c3ccccc3)[nH]c2cc1C. The molecule has 1 heterocycles. The number of carbonyl (C=O) groups excluding carboxylic acids is 1. The molecule has 0 radical (unpaired) electrons. The maximum atomic E-state index is 13.1. The first-order valence-electron chi connectivity index (χ1n) is 11.2. The summed E-state index contributed by atoms with van der Waals surface area (Å²) in [7, 11) is 0. The van der Waals surface area contributed by atoms with Crippen LogP contribution in [0.4, 0.5) is 18.9 Å². The second-order valence-corrected chi connectivity index (χ2v) is 8.82. The Morgan fingerprint density at radius 1 is 1.16 bits per heavy atom. The highest BCUT2D eigenvalue weighted by atomic mass is 35.5. The number of anilines is 1. The number of H-pyrrole nitrogens is 1. The first-order valence-corrected chi connectivity index (χ1v) is 11.6. The number of alkyl halides is 3. The molecule has 0 spiro atoms. The number of aromatic nitrogens is 2. The molecule has 0 fully saturated rings. The fourth-order valence-corrected chi connectivity index (χ4v) is 4.27. The van der Waals surface area contributed by atoms with Crippen LogP contribution in [-0.4, -0.2) is 35.1 Å². The first kappa shape index (κ1) is 26.0. The van der Waals surface area contributed by atoms with Crippen LogP contribution in [0.5, 0.6) is 5.75 Å². The Bertz CT molecular complexity index is 1420. The highest BCUT2D eigenvalue weighted by Crippen LogP contribution is 2.35. The lowest BCUT2D eigenvalue weighted by atomic mass is 9.98. The summed E-state index contributed by atoms with van der Waals surface area (Å²) in [5, 5.41) is 11.9. The van der Waals surface area contributed by atoms with E-state index >= 15 is 0 Å². The Morgan fingerprint density at radius 3 is 2.54 bits per heavy atom. The molecule has 7 nitrogen and oxygen atoms in total. The third-order valence-electron chi connectivity index (χ3n) is 5.86. The number of amides is 1. The van der Waals surface area contributed by atoms with Crippen LogP contribution >= 0.6 is 11.6 Å². The van der Waals surface area contributed by atoms with Crippen molar-refractivity contribution in [2.75, 3.05) is 11.9 Å². The van der Waals surface area contributed by atoms with Crippen molar-refractivity contribution in [2.45, 2.75) is 26.1 Å². The molecule has 4 aromatic rings. The van der Waals surface area contributed by atoms with Gasteiger partial charge in [0.15, 0.2) is 0 Å². The standard InChI is InChI=1S/C26H23ClF3N5O2/c1-14-8-20-21(9-15(14)2)35-24(34-20)18(16-6-4-3-5-7-16)12-32-25(36)23-19(27)10-17(33-13-31)11-22(23)37-26(28,29)30/h3-11,13,18H,12H2,1-2H3,(H2,31,33)(H,32,36)(H,34,35). The third kappa shape index (κ3) is 6.03. The lowest BCUT2D eigenvalue weighted by molar-refractivity contribution is -0.274. The number of carbonyl (C=O) groups is 1. The molecule has 37 heavy (non-hydrogen) atoms. The highest BCUT2D eigenvalue weighted by Gasteiger charge is 2.34. The molecule has 1 aromatic heterocycles. The van der Waals surface area contributed by atoms with E-state index in [1.54, 1.807) is 0 Å². The predicted octanol–water partition coefficient (Wildman–Crippen LogP) is 6.31. The van der Waals surface area contributed by atoms with E-state index in [0.717, 1.165) is 40.1 Å². The number of nitrogens with one attached hydrogen (secondary N) is 4. The molecule has 1 atom stereocenters. The van der Waals surface area contributed by atoms with Gasteiger partial charge in [-0.2, -0.15) is 0 Å². The molecule has 1 unspecified atom stereocenters. The fraction of sp³-hybridized carbons (Fsp3) is 0.192. The van der Waals surface area contributed by atoms with Gasteiger partial charge in [0.05, 0.1) is 28.3 Å². The molecule has 3 aromatic carbocycles. The average Bonchev–Trinajstić information content (AvgIpc) is 3.21. The van der Waals surface area contributed by atoms with Crippen LogP contribution in [0, 0.1) is 19.3 Å². The molecule has 0 bridgehead atoms. The quantitative estimate of drug-likeness (QED) is 0.158. The molecule has 0 aliphatic heterocycles. The summed E-state index contributed by atoms with van der Waals surface area (Å²) < 4.78 is 43.3. The number of hydrogen-bond acceptors (Lipinski definition) is 4. The number of imidazole rings is 1. The molecule has 1 amide bonds. The van der Waals surface area contributed by atoms with E-state index < -0.39 is 29.5 Å². The highest BCUT2D eigenvalue weighted by molar-refractivity contribution is 6.34. The minimum absolute atomic E-state index is 0.0168. The summed E-state index contributed by atoms with van der Waals surface area (Å²) in [6.07, 6.45) is -4.29. The van der Waals surface area contributed by atoms with Crippen LogP contribution in [0.2, 0.25) is 5.02 Å². The second-order valence-electron chi connectivity index (χ2n) is 8.42. The van der Waals surface area contributed by atoms with E-state index in [0.29, 0.717) is 5.82 Å². The van der Waals surface area contributed by atoms with Gasteiger partial charge in [0, 0.05) is 18.3 Å². The smallest absolute Gasteiger partial charge is 0.405 e. The fourth-order valence-electron chi connectivity index (χ4n) is 3.97. The zero-order chi connectivity index (χ0) is 26.7. The van der Waals surface area contributed by atoms with Crippen molar-refractivity contribution >= 4 is 40.6 Å². The van der Waals surface area contributed by atoms with Crippen LogP contribution < -0.4 is 15.4 Å². The summed E-state index contributed by atoms with van der Waals surface area (Å²) in [4.78, 5) is 21.2. The predicted molar refractivity (Wildman–Crippen MR) is 137 cm³/mol. The van der Waals surface area contributed by atoms with Crippen LogP contribution in [-0.2, 0) is 0 Å². The molecule has 0 aliphatic rings. The summed E-state index contributed by atoms with van der Waals surface area (Å²) >= 11 is 6.18. The number of benzene rings is 3. The van der Waals surface area contributed by atoms with Crippen molar-refractivity contribution in [3.05, 3.63) is 87.7 Å². The number of aryl methyl sites for hydroxylation is 2. The van der Waals surface area contributed by atoms with E-state index in [1.165, 1.54) is 6.07 Å². The van der Waals surface area contributed by atoms with Gasteiger partial charge in [-0.1, -0.05) is 41.9 Å². The Morgan fingerprint density at radius 2 is 1.86 bits per heavy atom. The minimum Gasteiger partial charge on any atom is -0.405 e. The van der Waals surface area contributed by atoms with E-state index in [2.05, 4.69) is 20.4 Å². The van der Waals surface area contributed by atoms with Gasteiger partial charge < -0.3 is 20.4 Å². The number of ether oxygens (including phenoxy) is 1. The summed E-state index contributed by atoms with van der Waals surface area (Å²) in [6, 6.07) is 15.5. The Kier molecular flexibility index (Phi) is 7.40. The van der Waals surface area contributed by atoms with Crippen molar-refractivity contribution in [3.8, 4) is 5.75 Å². The normalized spacial score (nSPS) is 12.3. The van der Waals surface area contributed by atoms with Crippen molar-refractivity contribution in [1.29, 1.82) is 5.41 Å². The van der Waals surface area contributed by atoms with Gasteiger partial charge in [-0.05, 0) is 48.7 Å². The third-order valence-corrected chi connectivity index (χ3v) is 6.16. The number of hydrogen-bond donors (Lipinski definition) is 4. The van der Waals surface area contributed by atoms with Gasteiger partial charge in [0.25, 0.3) is 5.91 Å². The maximum absolute atomic E-state index is 13.1. The molecule has 4 N–H and O–H groups in total. The number of nitrogens with zero attached hydrogens (tertiary/aromatic N) is 1. The van der Waals surface area contributed by atoms with E-state index in [1.807, 2.05) is 56.3 Å². The largest absolute Gasteiger partial charge is 0.573 e. The van der Waals surface area contributed by atoms with Crippen molar-refractivity contribution in [3.63, 3.8) is 0 Å². The van der Waals surface area contributed by atoms with Crippen molar-refractivity contribution < 1.29 is 22.7 Å². The number of fused-ring (bicyclic) bond motifs is 1. The molecule has 192 valence electrons. The Balaban J connectivity index is 1.67. The molecule has 11 heteroatoms. The van der Waals surface area contributed by atoms with Gasteiger partial charge >= 0.3 is 6.36 Å². The lowest BCUT2D eigenvalue weighted by Crippen LogP contribution is -2.30. The van der Waals surface area contributed by atoms with E-state index in [4.69, 9.17) is 22.0 Å². The van der Waals surface area contributed by atoms with Gasteiger partial charge in [0.1, 0.15) is 17.1 Å².